The summed E-state index contributed by atoms with van der Waals surface area (Å²) in [4.78, 5) is 2.18. The van der Waals surface area contributed by atoms with Crippen molar-refractivity contribution >= 4 is 40.4 Å². The smallest absolute Gasteiger partial charge is 0.0998 e. The fourth-order valence-electron chi connectivity index (χ4n) is 4.58. The second-order valence-corrected chi connectivity index (χ2v) is 9.22. The molecule has 0 unspecified atom stereocenters. The van der Waals surface area contributed by atoms with E-state index in [-0.39, 0.29) is 0 Å². The maximum Gasteiger partial charge on any atom is 0.0998 e. The molecule has 0 aromatic heterocycles. The average molecular weight is 525 g/mol. The van der Waals surface area contributed by atoms with Crippen molar-refractivity contribution in [3.8, 4) is 18.2 Å². The van der Waals surface area contributed by atoms with Crippen LogP contribution in [0.1, 0.15) is 27.8 Å². The van der Waals surface area contributed by atoms with E-state index in [1.54, 1.807) is 24.3 Å². The van der Waals surface area contributed by atoms with Crippen molar-refractivity contribution < 1.29 is 0 Å². The first-order valence-corrected chi connectivity index (χ1v) is 13.0. The number of para-hydroxylation sites is 2. The zero-order valence-electron chi connectivity index (χ0n) is 22.1. The van der Waals surface area contributed by atoms with E-state index in [1.807, 2.05) is 97.1 Å². The summed E-state index contributed by atoms with van der Waals surface area (Å²) in [5.41, 5.74) is 7.64. The number of rotatable bonds is 7. The van der Waals surface area contributed by atoms with Gasteiger partial charge < -0.3 is 4.90 Å². The largest absolute Gasteiger partial charge is 0.311 e. The summed E-state index contributed by atoms with van der Waals surface area (Å²) in [6.07, 6.45) is 3.61. The minimum Gasteiger partial charge on any atom is -0.311 e. The highest BCUT2D eigenvalue weighted by Gasteiger charge is 2.12. The Hall–Kier alpha value is -6.15. The van der Waals surface area contributed by atoms with Crippen molar-refractivity contribution in [3.05, 3.63) is 161 Å². The maximum atomic E-state index is 9.96. The molecular weight excluding hydrogens is 500 g/mol. The number of hydrogen-bond donors (Lipinski definition) is 0. The van der Waals surface area contributed by atoms with Gasteiger partial charge in [0, 0.05) is 22.6 Å². The van der Waals surface area contributed by atoms with E-state index in [9.17, 15) is 15.8 Å². The Balaban J connectivity index is 1.41. The van der Waals surface area contributed by atoms with Crippen LogP contribution in [0, 0.1) is 34.0 Å². The van der Waals surface area contributed by atoms with Gasteiger partial charge in [0.05, 0.1) is 34.9 Å². The van der Waals surface area contributed by atoms with Gasteiger partial charge in [-0.25, -0.2) is 0 Å². The molecule has 0 amide bonds. The van der Waals surface area contributed by atoms with Gasteiger partial charge in [0.1, 0.15) is 0 Å². The van der Waals surface area contributed by atoms with E-state index in [1.165, 1.54) is 0 Å². The highest BCUT2D eigenvalue weighted by molar-refractivity contribution is 5.93. The highest BCUT2D eigenvalue weighted by atomic mass is 15.1. The molecule has 0 aliphatic carbocycles. The van der Waals surface area contributed by atoms with Crippen molar-refractivity contribution in [1.82, 2.24) is 0 Å². The van der Waals surface area contributed by atoms with E-state index >= 15 is 0 Å². The second-order valence-electron chi connectivity index (χ2n) is 9.22. The molecule has 192 valence electrons. The summed E-state index contributed by atoms with van der Waals surface area (Å²) in [6.45, 7) is 0. The topological polar surface area (TPSA) is 74.6 Å². The van der Waals surface area contributed by atoms with Gasteiger partial charge in [-0.05, 0) is 71.3 Å². The normalized spacial score (nSPS) is 11.1. The molecule has 0 aliphatic heterocycles. The number of hydrogen-bond acceptors (Lipinski definition) is 4. The molecule has 0 N–H and O–H groups in total. The van der Waals surface area contributed by atoms with Gasteiger partial charge in [-0.15, -0.1) is 0 Å². The fraction of sp³-hybridized carbons (Fsp3) is 0. The van der Waals surface area contributed by atoms with Crippen LogP contribution in [0.2, 0.25) is 0 Å². The summed E-state index contributed by atoms with van der Waals surface area (Å²) in [6, 6.07) is 49.7. The molecule has 0 heterocycles. The van der Waals surface area contributed by atoms with Crippen LogP contribution in [0.5, 0.6) is 0 Å². The van der Waals surface area contributed by atoms with Crippen molar-refractivity contribution in [2.24, 2.45) is 0 Å². The number of benzene rings is 5. The Kier molecular flexibility index (Phi) is 8.13. The lowest BCUT2D eigenvalue weighted by Crippen LogP contribution is -2.09. The van der Waals surface area contributed by atoms with Gasteiger partial charge in [0.2, 0.25) is 0 Å². The minimum absolute atomic E-state index is 0.420. The average Bonchev–Trinajstić information content (AvgIpc) is 3.05. The molecule has 0 saturated carbocycles. The summed E-state index contributed by atoms with van der Waals surface area (Å²) < 4.78 is 0. The summed E-state index contributed by atoms with van der Waals surface area (Å²) >= 11 is 0. The van der Waals surface area contributed by atoms with Gasteiger partial charge in [-0.2, -0.15) is 15.8 Å². The quantitative estimate of drug-likeness (QED) is 0.157. The first-order chi connectivity index (χ1) is 20.2. The molecule has 41 heavy (non-hydrogen) atoms. The molecule has 4 heteroatoms. The van der Waals surface area contributed by atoms with Crippen LogP contribution in [0.15, 0.2) is 133 Å². The summed E-state index contributed by atoms with van der Waals surface area (Å²) in [5, 5.41) is 29.0. The molecule has 0 aliphatic rings. The lowest BCUT2D eigenvalue weighted by Gasteiger charge is -2.25. The predicted molar refractivity (Wildman–Crippen MR) is 166 cm³/mol. The van der Waals surface area contributed by atoms with Crippen molar-refractivity contribution in [2.75, 3.05) is 4.90 Å². The van der Waals surface area contributed by atoms with E-state index in [4.69, 9.17) is 0 Å². The van der Waals surface area contributed by atoms with Gasteiger partial charge in [0.25, 0.3) is 0 Å². The molecule has 0 radical (unpaired) electrons. The molecule has 0 atom stereocenters. The van der Waals surface area contributed by atoms with Gasteiger partial charge >= 0.3 is 0 Å². The molecule has 0 fully saturated rings. The number of nitrogens with zero attached hydrogens (tertiary/aromatic N) is 4. The zero-order valence-corrected chi connectivity index (χ0v) is 22.1. The monoisotopic (exact) mass is 524 g/mol. The third-order valence-corrected chi connectivity index (χ3v) is 6.60. The first-order valence-electron chi connectivity index (χ1n) is 13.0. The van der Waals surface area contributed by atoms with Gasteiger partial charge in [-0.3, -0.25) is 0 Å². The Morgan fingerprint density at radius 2 is 0.951 bits per heavy atom. The van der Waals surface area contributed by atoms with Crippen LogP contribution in [0.4, 0.5) is 17.1 Å². The molecule has 5 aromatic rings. The Morgan fingerprint density at radius 3 is 1.46 bits per heavy atom. The van der Waals surface area contributed by atoms with Gasteiger partial charge in [-0.1, -0.05) is 91.0 Å². The molecule has 0 bridgehead atoms. The molecule has 0 spiro atoms. The fourth-order valence-corrected chi connectivity index (χ4v) is 4.58. The van der Waals surface area contributed by atoms with E-state index < -0.39 is 0 Å². The predicted octanol–water partition coefficient (Wildman–Crippen LogP) is 9.16. The van der Waals surface area contributed by atoms with Crippen molar-refractivity contribution in [3.63, 3.8) is 0 Å². The molecular formula is C37H24N4. The third-order valence-electron chi connectivity index (χ3n) is 6.60. The molecule has 5 aromatic carbocycles. The minimum atomic E-state index is 0.420. The highest BCUT2D eigenvalue weighted by Crippen LogP contribution is 2.34. The van der Waals surface area contributed by atoms with Crippen LogP contribution >= 0.6 is 0 Å². The maximum absolute atomic E-state index is 9.96. The van der Waals surface area contributed by atoms with E-state index in [0.717, 1.165) is 33.8 Å². The van der Waals surface area contributed by atoms with Crippen LogP contribution in [0.3, 0.4) is 0 Å². The van der Waals surface area contributed by atoms with Crippen LogP contribution in [-0.4, -0.2) is 0 Å². The SMILES string of the molecule is N#C/C(=C\c1ccc(/C=C(\C#N)c2ccccc2C#N)cc1)c1ccc(N(c2ccccc2)c2ccccc2)cc1. The zero-order chi connectivity index (χ0) is 28.4. The van der Waals surface area contributed by atoms with Crippen molar-refractivity contribution in [1.29, 1.82) is 15.8 Å². The summed E-state index contributed by atoms with van der Waals surface area (Å²) in [5.74, 6) is 0. The molecule has 0 saturated heterocycles. The Labute approximate surface area is 240 Å². The second kappa shape index (κ2) is 12.6. The molecule has 4 nitrogen and oxygen atoms in total. The van der Waals surface area contributed by atoms with E-state index in [0.29, 0.717) is 22.3 Å². The number of anilines is 3. The third kappa shape index (κ3) is 6.13. The lowest BCUT2D eigenvalue weighted by molar-refractivity contribution is 1.28. The summed E-state index contributed by atoms with van der Waals surface area (Å²) in [7, 11) is 0. The van der Waals surface area contributed by atoms with E-state index in [2.05, 4.69) is 47.4 Å². The van der Waals surface area contributed by atoms with Crippen LogP contribution in [-0.2, 0) is 0 Å². The standard InChI is InChI=1S/C37H24N4/c38-25-31-9-7-8-14-37(31)33(27-40)24-29-17-15-28(16-18-29)23-32(26-39)30-19-21-36(22-20-30)41(34-10-3-1-4-11-34)35-12-5-2-6-13-35/h1-24H/b32-23+,33-24+. The Bertz CT molecular complexity index is 1790. The number of nitriles is 3. The van der Waals surface area contributed by atoms with Crippen molar-refractivity contribution in [2.45, 2.75) is 0 Å². The Morgan fingerprint density at radius 1 is 0.488 bits per heavy atom. The molecule has 5 rings (SSSR count). The van der Waals surface area contributed by atoms with Crippen LogP contribution in [0.25, 0.3) is 23.3 Å². The number of allylic oxidation sites excluding steroid dienone is 2. The first kappa shape index (κ1) is 26.5. The van der Waals surface area contributed by atoms with Crippen LogP contribution < -0.4 is 4.90 Å². The van der Waals surface area contributed by atoms with Gasteiger partial charge in [0.15, 0.2) is 0 Å². The lowest BCUT2D eigenvalue weighted by atomic mass is 9.98.